The number of hydrogen-bond acceptors (Lipinski definition) is 0. The fourth-order valence-corrected chi connectivity index (χ4v) is 0. The average Bonchev–Trinajstić information content (AvgIpc) is 2.16. The summed E-state index contributed by atoms with van der Waals surface area (Å²) in [5.41, 5.74) is 0. The van der Waals surface area contributed by atoms with Crippen LogP contribution in [0.2, 0.25) is 0 Å². The van der Waals surface area contributed by atoms with Gasteiger partial charge in [0.15, 0.2) is 0 Å². The molecule has 0 rings (SSSR count). The smallest absolute Gasteiger partial charge is 0 e. The van der Waals surface area contributed by atoms with Crippen molar-refractivity contribution in [3.63, 3.8) is 0 Å². The molecule has 0 spiro atoms. The van der Waals surface area contributed by atoms with E-state index < -0.39 is 8.85 Å². The van der Waals surface area contributed by atoms with Crippen molar-refractivity contribution in [3.8, 4) is 0 Å². The second-order valence-electron chi connectivity index (χ2n) is 0.214. The van der Waals surface area contributed by atoms with E-state index in [1.807, 2.05) is 0 Å². The molecule has 0 aliphatic heterocycles. The van der Waals surface area contributed by atoms with Gasteiger partial charge in [-0.2, -0.15) is 0 Å². The molecule has 0 aliphatic carbocycles. The van der Waals surface area contributed by atoms with E-state index in [-0.39, 0.29) is 17.1 Å². The summed E-state index contributed by atoms with van der Waals surface area (Å²) in [6.07, 6.45) is 0. The summed E-state index contributed by atoms with van der Waals surface area (Å²) < 4.78 is 59.3. The van der Waals surface area contributed by atoms with Crippen LogP contribution in [0.15, 0.2) is 0 Å². The minimum Gasteiger partial charge on any atom is 0 e. The Morgan fingerprint density at radius 3 is 0.615 bits per heavy atom. The van der Waals surface area contributed by atoms with Crippen LogP contribution in [0, 0.1) is 26.6 Å². The van der Waals surface area contributed by atoms with Crippen LogP contribution >= 0.6 is 8.85 Å². The molecule has 0 heterocycles. The van der Waals surface area contributed by atoms with Crippen LogP contribution in [0.3, 0.4) is 0 Å². The normalized spacial score (nSPS) is 3.38. The predicted octanol–water partition coefficient (Wildman–Crippen LogP) is 1.70. The average molecular weight is 257 g/mol. The van der Waals surface area contributed by atoms with Crippen molar-refractivity contribution in [1.82, 2.24) is 0 Å². The topological polar surface area (TPSA) is 79.6 Å². The van der Waals surface area contributed by atoms with Crippen LogP contribution in [-0.4, -0.2) is 0 Å². The molecule has 0 radical (unpaired) electrons. The summed E-state index contributed by atoms with van der Waals surface area (Å²) in [4.78, 5) is 0. The second-order valence-corrected chi connectivity index (χ2v) is 0.643. The molecule has 0 N–H and O–H groups in total. The number of hydrogen-bond donors (Lipinski definition) is 0. The van der Waals surface area contributed by atoms with Gasteiger partial charge in [0.1, 0.15) is 0 Å². The molecule has 4 nitrogen and oxygen atoms in total. The van der Waals surface area contributed by atoms with Crippen molar-refractivity contribution in [2.24, 2.45) is 0 Å². The van der Waals surface area contributed by atoms with Crippen LogP contribution in [0.5, 0.6) is 0 Å². The zero-order valence-corrected chi connectivity index (χ0v) is 7.72. The second kappa shape index (κ2) is 184. The molecule has 0 atom stereocenters. The Balaban J connectivity index is -0.0000000122. The molecule has 13 heavy (non-hydrogen) atoms. The SMILES string of the molecule is F[PH+](F)F.[C-]#[O+].[C-]#[O+].[C-]#[O+].[C-]#[O+].[Fe]. The van der Waals surface area contributed by atoms with E-state index in [9.17, 15) is 12.6 Å². The van der Waals surface area contributed by atoms with Gasteiger partial charge in [-0.3, -0.25) is 0 Å². The number of rotatable bonds is 0. The third-order valence-electron chi connectivity index (χ3n) is 0. The van der Waals surface area contributed by atoms with Gasteiger partial charge in [0.25, 0.3) is 0 Å². The molecule has 0 aromatic carbocycles. The van der Waals surface area contributed by atoms with Gasteiger partial charge in [0.05, 0.1) is 0 Å². The Bertz CT molecular complexity index is 96.8. The zero-order valence-electron chi connectivity index (χ0n) is 5.62. The number of halogens is 3. The van der Waals surface area contributed by atoms with Gasteiger partial charge in [-0.1, -0.05) is 0 Å². The molecule has 0 aliphatic rings. The Labute approximate surface area is 84.3 Å². The maximum Gasteiger partial charge on any atom is 0 e. The third-order valence-corrected chi connectivity index (χ3v) is 0. The first-order valence-electron chi connectivity index (χ1n) is 1.38. The monoisotopic (exact) mass is 257 g/mol. The summed E-state index contributed by atoms with van der Waals surface area (Å²) >= 11 is 0. The van der Waals surface area contributed by atoms with Gasteiger partial charge < -0.3 is 0 Å². The Hall–Kier alpha value is -0.301. The molecule has 0 aromatic heterocycles. The molecule has 0 unspecified atom stereocenters. The summed E-state index contributed by atoms with van der Waals surface area (Å²) in [7, 11) is -4.38. The van der Waals surface area contributed by atoms with E-state index in [2.05, 4.69) is 26.6 Å². The Kier molecular flexibility index (Phi) is 548. The maximum absolute atomic E-state index is 9.77. The van der Waals surface area contributed by atoms with Crippen molar-refractivity contribution in [1.29, 1.82) is 0 Å². The van der Waals surface area contributed by atoms with Crippen molar-refractivity contribution < 1.29 is 48.3 Å². The van der Waals surface area contributed by atoms with E-state index in [1.54, 1.807) is 0 Å². The third kappa shape index (κ3) is 12200. The molecule has 0 saturated carbocycles. The van der Waals surface area contributed by atoms with E-state index >= 15 is 0 Å². The Morgan fingerprint density at radius 2 is 0.615 bits per heavy atom. The van der Waals surface area contributed by atoms with Gasteiger partial charge >= 0.3 is 54.1 Å². The van der Waals surface area contributed by atoms with Gasteiger partial charge in [-0.25, -0.2) is 0 Å². The molecule has 0 amide bonds. The van der Waals surface area contributed by atoms with Gasteiger partial charge in [-0.05, 0) is 0 Å². The fraction of sp³-hybridized carbons (Fsp3) is 0. The molecule has 9 heteroatoms. The molecular weight excluding hydrogens is 256 g/mol. The van der Waals surface area contributed by atoms with E-state index in [0.29, 0.717) is 0 Å². The van der Waals surface area contributed by atoms with Crippen molar-refractivity contribution >= 4 is 8.85 Å². The minimum atomic E-state index is -4.38. The molecular formula is C4HF3FeO4P+. The predicted molar refractivity (Wildman–Crippen MR) is 27.4 cm³/mol. The minimum absolute atomic E-state index is 0. The van der Waals surface area contributed by atoms with Crippen LogP contribution < -0.4 is 0 Å². The van der Waals surface area contributed by atoms with Crippen LogP contribution in [0.4, 0.5) is 12.6 Å². The summed E-state index contributed by atoms with van der Waals surface area (Å²) in [6, 6.07) is 0. The molecule has 74 valence electrons. The Morgan fingerprint density at radius 1 is 0.615 bits per heavy atom. The van der Waals surface area contributed by atoms with Crippen LogP contribution in [0.1, 0.15) is 0 Å². The maximum atomic E-state index is 9.77. The van der Waals surface area contributed by atoms with Crippen molar-refractivity contribution in [2.75, 3.05) is 0 Å². The van der Waals surface area contributed by atoms with Gasteiger partial charge in [-0.15, -0.1) is 0 Å². The van der Waals surface area contributed by atoms with E-state index in [1.165, 1.54) is 0 Å². The summed E-state index contributed by atoms with van der Waals surface area (Å²) in [6.45, 7) is 18.0. The van der Waals surface area contributed by atoms with Crippen LogP contribution in [0.25, 0.3) is 0 Å². The van der Waals surface area contributed by atoms with Crippen molar-refractivity contribution in [2.45, 2.75) is 0 Å². The first-order chi connectivity index (χ1) is 5.73. The summed E-state index contributed by atoms with van der Waals surface area (Å²) in [5, 5.41) is 0. The van der Waals surface area contributed by atoms with E-state index in [4.69, 9.17) is 18.6 Å². The first-order valence-corrected chi connectivity index (χ1v) is 2.52. The van der Waals surface area contributed by atoms with E-state index in [0.717, 1.165) is 0 Å². The molecule has 0 fully saturated rings. The molecule has 0 aromatic rings. The fourth-order valence-electron chi connectivity index (χ4n) is 0. The summed E-state index contributed by atoms with van der Waals surface area (Å²) in [5.74, 6) is 0. The zero-order chi connectivity index (χ0) is 11.6. The van der Waals surface area contributed by atoms with Crippen LogP contribution in [-0.2, 0) is 35.7 Å². The standard InChI is InChI=1S/4CO.F3HP.Fe/c4*1-2;1-4(2)3;/h;;;;4H;/q;;;;+1;. The van der Waals surface area contributed by atoms with Gasteiger partial charge in [0.2, 0.25) is 0 Å². The first kappa shape index (κ1) is 38.7. The quantitative estimate of drug-likeness (QED) is 0.274. The van der Waals surface area contributed by atoms with Crippen molar-refractivity contribution in [3.05, 3.63) is 26.6 Å². The molecule has 0 bridgehead atoms. The largest absolute Gasteiger partial charge is 0 e. The van der Waals surface area contributed by atoms with Gasteiger partial charge in [0, 0.05) is 29.7 Å². The molecule has 0 saturated heterocycles.